The van der Waals surface area contributed by atoms with Gasteiger partial charge in [-0.1, -0.05) is 17.9 Å². The van der Waals surface area contributed by atoms with Crippen LogP contribution in [-0.4, -0.2) is 70.6 Å². The van der Waals surface area contributed by atoms with E-state index in [4.69, 9.17) is 0 Å². The third-order valence-electron chi connectivity index (χ3n) is 7.07. The number of carbonyl (C=O) groups is 2. The molecule has 0 aromatic heterocycles. The van der Waals surface area contributed by atoms with Crippen LogP contribution in [-0.2, 0) is 16.1 Å². The molecule has 0 saturated carbocycles. The number of carbonyl (C=O) groups excluding carboxylic acids is 1. The number of amides is 1. The van der Waals surface area contributed by atoms with Gasteiger partial charge in [0.05, 0.1) is 0 Å². The number of likely N-dealkylation sites (tertiary alicyclic amines) is 2. The molecule has 3 rings (SSSR count). The van der Waals surface area contributed by atoms with Crippen LogP contribution in [0, 0.1) is 24.2 Å². The van der Waals surface area contributed by atoms with Gasteiger partial charge in [0.2, 0.25) is 0 Å². The van der Waals surface area contributed by atoms with E-state index in [0.717, 1.165) is 35.4 Å². The van der Waals surface area contributed by atoms with Crippen LogP contribution in [0.4, 0.5) is 31.1 Å². The molecule has 2 fully saturated rings. The second-order valence-electron chi connectivity index (χ2n) is 10.5. The van der Waals surface area contributed by atoms with Gasteiger partial charge in [-0.3, -0.25) is 9.69 Å². The second kappa shape index (κ2) is 10.7. The van der Waals surface area contributed by atoms with Gasteiger partial charge in [0, 0.05) is 30.7 Å². The number of carboxylic acid groups (broad SMARTS) is 1. The molecule has 38 heavy (non-hydrogen) atoms. The number of piperidine rings is 1. The third-order valence-corrected chi connectivity index (χ3v) is 7.07. The number of hydrogen-bond donors (Lipinski definition) is 1. The number of aryl methyl sites for hydroxylation is 1. The number of nitrogens with zero attached hydrogens (tertiary/aromatic N) is 2. The van der Waals surface area contributed by atoms with E-state index in [9.17, 15) is 41.0 Å². The standard InChI is InChI=1S/C26H30F6N2O4/c1-17-13-18(5-7-23(2,3)21(35)36)15-19(14-17)16-34-10-4-6-24(34)8-11-33(12-9-24)22(37)38-20(25(27,28)29)26(30,31)32/h13-15,20H,4,6,8-12,16H2,1-3H3,(H,35,36). The summed E-state index contributed by atoms with van der Waals surface area (Å²) in [5.74, 6) is 4.68. The van der Waals surface area contributed by atoms with Gasteiger partial charge in [-0.2, -0.15) is 26.3 Å². The molecule has 12 heteroatoms. The summed E-state index contributed by atoms with van der Waals surface area (Å²) in [4.78, 5) is 26.6. The molecule has 1 aromatic rings. The number of alkyl halides is 6. The predicted molar refractivity (Wildman–Crippen MR) is 125 cm³/mol. The first-order valence-corrected chi connectivity index (χ1v) is 12.1. The van der Waals surface area contributed by atoms with E-state index >= 15 is 0 Å². The molecule has 0 unspecified atom stereocenters. The average Bonchev–Trinajstić information content (AvgIpc) is 3.15. The van der Waals surface area contributed by atoms with E-state index in [1.165, 1.54) is 13.8 Å². The number of benzene rings is 1. The normalized spacial score (nSPS) is 18.4. The van der Waals surface area contributed by atoms with E-state index in [1.54, 1.807) is 0 Å². The van der Waals surface area contributed by atoms with Gasteiger partial charge in [-0.05, 0) is 76.3 Å². The minimum atomic E-state index is -5.76. The Kier molecular flexibility index (Phi) is 8.32. The number of hydrogen-bond acceptors (Lipinski definition) is 4. The maximum atomic E-state index is 12.8. The smallest absolute Gasteiger partial charge is 0.434 e. The lowest BCUT2D eigenvalue weighted by atomic mass is 9.84. The highest BCUT2D eigenvalue weighted by atomic mass is 19.4. The lowest BCUT2D eigenvalue weighted by Crippen LogP contribution is -2.54. The fourth-order valence-corrected chi connectivity index (χ4v) is 4.94. The largest absolute Gasteiger partial charge is 0.480 e. The van der Waals surface area contributed by atoms with Crippen LogP contribution in [0.1, 0.15) is 56.2 Å². The van der Waals surface area contributed by atoms with E-state index in [1.807, 2.05) is 25.1 Å². The molecule has 210 valence electrons. The minimum absolute atomic E-state index is 0.0212. The topological polar surface area (TPSA) is 70.1 Å². The number of rotatable bonds is 4. The van der Waals surface area contributed by atoms with Crippen LogP contribution in [0.3, 0.4) is 0 Å². The van der Waals surface area contributed by atoms with Crippen molar-refractivity contribution in [2.24, 2.45) is 5.41 Å². The Morgan fingerprint density at radius 1 is 1.03 bits per heavy atom. The first-order valence-electron chi connectivity index (χ1n) is 12.1. The second-order valence-corrected chi connectivity index (χ2v) is 10.5. The zero-order chi connectivity index (χ0) is 28.5. The highest BCUT2D eigenvalue weighted by Crippen LogP contribution is 2.41. The van der Waals surface area contributed by atoms with Gasteiger partial charge < -0.3 is 14.7 Å². The van der Waals surface area contributed by atoms with Crippen LogP contribution in [0.15, 0.2) is 18.2 Å². The highest BCUT2D eigenvalue weighted by Gasteiger charge is 2.60. The molecule has 2 heterocycles. The lowest BCUT2D eigenvalue weighted by Gasteiger charge is -2.45. The molecule has 1 aromatic carbocycles. The highest BCUT2D eigenvalue weighted by molar-refractivity contribution is 5.77. The van der Waals surface area contributed by atoms with Crippen molar-refractivity contribution in [3.05, 3.63) is 34.9 Å². The Morgan fingerprint density at radius 2 is 1.63 bits per heavy atom. The number of ether oxygens (including phenoxy) is 1. The molecular weight excluding hydrogens is 518 g/mol. The van der Waals surface area contributed by atoms with Crippen LogP contribution in [0.2, 0.25) is 0 Å². The van der Waals surface area contributed by atoms with Crippen LogP contribution < -0.4 is 0 Å². The molecule has 0 atom stereocenters. The molecule has 0 aliphatic carbocycles. The van der Waals surface area contributed by atoms with E-state index in [2.05, 4.69) is 21.5 Å². The Bertz CT molecular complexity index is 1100. The maximum absolute atomic E-state index is 12.8. The van der Waals surface area contributed by atoms with Gasteiger partial charge >= 0.3 is 24.4 Å². The molecular formula is C26H30F6N2O4. The summed E-state index contributed by atoms with van der Waals surface area (Å²) in [5, 5.41) is 9.28. The van der Waals surface area contributed by atoms with Crippen molar-refractivity contribution in [3.63, 3.8) is 0 Å². The van der Waals surface area contributed by atoms with Gasteiger partial charge in [-0.25, -0.2) is 4.79 Å². The van der Waals surface area contributed by atoms with Crippen molar-refractivity contribution in [2.75, 3.05) is 19.6 Å². The van der Waals surface area contributed by atoms with E-state index < -0.39 is 35.9 Å². The summed E-state index contributed by atoms with van der Waals surface area (Å²) in [6, 6.07) is 5.72. The molecule has 1 N–H and O–H groups in total. The van der Waals surface area contributed by atoms with Crippen molar-refractivity contribution in [1.29, 1.82) is 0 Å². The Balaban J connectivity index is 1.69. The summed E-state index contributed by atoms with van der Waals surface area (Å²) in [5.41, 5.74) is 1.01. The Labute approximate surface area is 216 Å². The van der Waals surface area contributed by atoms with Gasteiger partial charge in [0.15, 0.2) is 0 Å². The first kappa shape index (κ1) is 29.6. The van der Waals surface area contributed by atoms with Gasteiger partial charge in [-0.15, -0.1) is 0 Å². The van der Waals surface area contributed by atoms with Crippen molar-refractivity contribution in [2.45, 2.75) is 77.0 Å². The summed E-state index contributed by atoms with van der Waals surface area (Å²) in [6.45, 7) is 6.17. The zero-order valence-corrected chi connectivity index (χ0v) is 21.3. The average molecular weight is 549 g/mol. The van der Waals surface area contributed by atoms with Crippen molar-refractivity contribution in [3.8, 4) is 11.8 Å². The number of halogens is 6. The summed E-state index contributed by atoms with van der Waals surface area (Å²) in [6.07, 6.45) is -14.9. The van der Waals surface area contributed by atoms with Crippen molar-refractivity contribution in [1.82, 2.24) is 9.80 Å². The number of aliphatic carboxylic acids is 1. The Hall–Kier alpha value is -2.94. The van der Waals surface area contributed by atoms with Crippen LogP contribution in [0.5, 0.6) is 0 Å². The van der Waals surface area contributed by atoms with Gasteiger partial charge in [0.25, 0.3) is 6.10 Å². The minimum Gasteiger partial charge on any atom is -0.480 e. The fraction of sp³-hybridized carbons (Fsp3) is 0.615. The molecule has 0 radical (unpaired) electrons. The first-order chi connectivity index (χ1) is 17.4. The van der Waals surface area contributed by atoms with Gasteiger partial charge in [0.1, 0.15) is 5.41 Å². The lowest BCUT2D eigenvalue weighted by molar-refractivity contribution is -0.308. The maximum Gasteiger partial charge on any atom is 0.434 e. The monoisotopic (exact) mass is 548 g/mol. The van der Waals surface area contributed by atoms with Crippen LogP contribution >= 0.6 is 0 Å². The van der Waals surface area contributed by atoms with Crippen LogP contribution in [0.25, 0.3) is 0 Å². The molecule has 0 bridgehead atoms. The van der Waals surface area contributed by atoms with E-state index in [-0.39, 0.29) is 18.6 Å². The Morgan fingerprint density at radius 3 is 2.18 bits per heavy atom. The summed E-state index contributed by atoms with van der Waals surface area (Å²) in [7, 11) is 0. The quantitative estimate of drug-likeness (QED) is 0.397. The molecule has 6 nitrogen and oxygen atoms in total. The molecule has 1 spiro atoms. The predicted octanol–water partition coefficient (Wildman–Crippen LogP) is 5.52. The third kappa shape index (κ3) is 6.92. The summed E-state index contributed by atoms with van der Waals surface area (Å²) < 4.78 is 80.6. The fourth-order valence-electron chi connectivity index (χ4n) is 4.94. The molecule has 1 amide bonds. The van der Waals surface area contributed by atoms with Crippen molar-refractivity contribution >= 4 is 12.1 Å². The zero-order valence-electron chi connectivity index (χ0n) is 21.3. The molecule has 2 aliphatic heterocycles. The SMILES string of the molecule is Cc1cc(C#CC(C)(C)C(=O)O)cc(CN2CCCC23CCN(C(=O)OC(C(F)(F)F)C(F)(F)F)CC3)c1. The molecule has 2 aliphatic rings. The number of carboxylic acids is 1. The molecule has 2 saturated heterocycles. The van der Waals surface area contributed by atoms with Crippen molar-refractivity contribution < 1.29 is 45.8 Å². The van der Waals surface area contributed by atoms with E-state index in [0.29, 0.717) is 24.9 Å². The summed E-state index contributed by atoms with van der Waals surface area (Å²) >= 11 is 0.